The summed E-state index contributed by atoms with van der Waals surface area (Å²) in [7, 11) is 3.23. The second-order valence-corrected chi connectivity index (χ2v) is 5.32. The van der Waals surface area contributed by atoms with Gasteiger partial charge >= 0.3 is 0 Å². The minimum absolute atomic E-state index is 0.0428. The van der Waals surface area contributed by atoms with Gasteiger partial charge in [0.05, 0.1) is 24.3 Å². The van der Waals surface area contributed by atoms with Crippen LogP contribution < -0.4 is 10.5 Å². The minimum Gasteiger partial charge on any atom is -0.495 e. The molecule has 1 aromatic rings. The SMILES string of the molecule is COc1ccc(CN2C[C@@H](OC)C[C@H]2C(N)=O)cc1Cl. The topological polar surface area (TPSA) is 64.8 Å². The lowest BCUT2D eigenvalue weighted by Gasteiger charge is -2.21. The fourth-order valence-corrected chi connectivity index (χ4v) is 2.83. The third kappa shape index (κ3) is 3.23. The average molecular weight is 299 g/mol. The molecule has 0 bridgehead atoms. The molecule has 110 valence electrons. The van der Waals surface area contributed by atoms with E-state index in [2.05, 4.69) is 0 Å². The smallest absolute Gasteiger partial charge is 0.234 e. The molecule has 1 saturated heterocycles. The molecule has 2 rings (SSSR count). The third-order valence-corrected chi connectivity index (χ3v) is 3.92. The molecule has 1 heterocycles. The summed E-state index contributed by atoms with van der Waals surface area (Å²) in [5.74, 6) is 0.321. The summed E-state index contributed by atoms with van der Waals surface area (Å²) in [5.41, 5.74) is 6.46. The van der Waals surface area contributed by atoms with E-state index in [0.29, 0.717) is 30.3 Å². The van der Waals surface area contributed by atoms with Crippen LogP contribution in [0.2, 0.25) is 5.02 Å². The lowest BCUT2D eigenvalue weighted by Crippen LogP contribution is -2.39. The molecule has 0 saturated carbocycles. The van der Waals surface area contributed by atoms with E-state index in [1.54, 1.807) is 14.2 Å². The highest BCUT2D eigenvalue weighted by Crippen LogP contribution is 2.27. The number of benzene rings is 1. The number of amides is 1. The van der Waals surface area contributed by atoms with E-state index in [-0.39, 0.29) is 18.1 Å². The van der Waals surface area contributed by atoms with Crippen molar-refractivity contribution in [2.24, 2.45) is 5.73 Å². The van der Waals surface area contributed by atoms with E-state index in [9.17, 15) is 4.79 Å². The first kappa shape index (κ1) is 15.1. The molecule has 1 aliphatic rings. The number of hydrogen-bond donors (Lipinski definition) is 1. The van der Waals surface area contributed by atoms with Crippen molar-refractivity contribution in [1.29, 1.82) is 0 Å². The number of carbonyl (C=O) groups is 1. The van der Waals surface area contributed by atoms with Crippen molar-refractivity contribution < 1.29 is 14.3 Å². The van der Waals surface area contributed by atoms with Gasteiger partial charge in [0.25, 0.3) is 0 Å². The van der Waals surface area contributed by atoms with Gasteiger partial charge in [0.2, 0.25) is 5.91 Å². The predicted molar refractivity (Wildman–Crippen MR) is 76.8 cm³/mol. The Morgan fingerprint density at radius 2 is 2.25 bits per heavy atom. The number of ether oxygens (including phenoxy) is 2. The van der Waals surface area contributed by atoms with Crippen LogP contribution in [0.4, 0.5) is 0 Å². The Morgan fingerprint density at radius 1 is 1.50 bits per heavy atom. The van der Waals surface area contributed by atoms with Gasteiger partial charge in [-0.25, -0.2) is 0 Å². The van der Waals surface area contributed by atoms with Gasteiger partial charge in [-0.1, -0.05) is 17.7 Å². The van der Waals surface area contributed by atoms with Crippen molar-refractivity contribution in [2.45, 2.75) is 25.1 Å². The Labute approximate surface area is 123 Å². The number of hydrogen-bond acceptors (Lipinski definition) is 4. The van der Waals surface area contributed by atoms with Crippen molar-refractivity contribution in [3.63, 3.8) is 0 Å². The van der Waals surface area contributed by atoms with E-state index >= 15 is 0 Å². The van der Waals surface area contributed by atoms with E-state index < -0.39 is 0 Å². The number of halogens is 1. The number of nitrogens with zero attached hydrogens (tertiary/aromatic N) is 1. The number of primary amides is 1. The minimum atomic E-state index is -0.316. The molecular weight excluding hydrogens is 280 g/mol. The van der Waals surface area contributed by atoms with Gasteiger partial charge in [-0.15, -0.1) is 0 Å². The van der Waals surface area contributed by atoms with Gasteiger partial charge in [0, 0.05) is 20.2 Å². The Bertz CT molecular complexity index is 495. The summed E-state index contributed by atoms with van der Waals surface area (Å²) in [6.07, 6.45) is 0.677. The van der Waals surface area contributed by atoms with Gasteiger partial charge in [0.1, 0.15) is 5.75 Å². The lowest BCUT2D eigenvalue weighted by molar-refractivity contribution is -0.122. The van der Waals surface area contributed by atoms with Crippen LogP contribution in [0, 0.1) is 0 Å². The normalized spacial score (nSPS) is 22.9. The molecule has 6 heteroatoms. The van der Waals surface area contributed by atoms with Crippen LogP contribution in [0.5, 0.6) is 5.75 Å². The van der Waals surface area contributed by atoms with Gasteiger partial charge in [0.15, 0.2) is 0 Å². The van der Waals surface area contributed by atoms with Gasteiger partial charge in [-0.3, -0.25) is 9.69 Å². The van der Waals surface area contributed by atoms with E-state index in [1.165, 1.54) is 0 Å². The standard InChI is InChI=1S/C14H19ClN2O3/c1-19-10-6-12(14(16)18)17(8-10)7-9-3-4-13(20-2)11(15)5-9/h3-5,10,12H,6-8H2,1-2H3,(H2,16,18)/t10-,12-/m0/s1. The van der Waals surface area contributed by atoms with Gasteiger partial charge < -0.3 is 15.2 Å². The van der Waals surface area contributed by atoms with Crippen LogP contribution in [0.15, 0.2) is 18.2 Å². The number of carbonyl (C=O) groups excluding carboxylic acids is 1. The summed E-state index contributed by atoms with van der Waals surface area (Å²) in [5, 5.41) is 0.558. The Balaban J connectivity index is 2.11. The molecule has 2 N–H and O–H groups in total. The average Bonchev–Trinajstić information content (AvgIpc) is 2.82. The van der Waals surface area contributed by atoms with E-state index in [4.69, 9.17) is 26.8 Å². The quantitative estimate of drug-likeness (QED) is 0.893. The van der Waals surface area contributed by atoms with Crippen molar-refractivity contribution in [1.82, 2.24) is 4.90 Å². The molecule has 1 aliphatic heterocycles. The molecule has 0 aliphatic carbocycles. The van der Waals surface area contributed by atoms with E-state index in [1.807, 2.05) is 23.1 Å². The predicted octanol–water partition coefficient (Wildman–Crippen LogP) is 1.42. The highest BCUT2D eigenvalue weighted by atomic mass is 35.5. The molecule has 1 fully saturated rings. The third-order valence-electron chi connectivity index (χ3n) is 3.63. The van der Waals surface area contributed by atoms with Crippen LogP contribution in [0.25, 0.3) is 0 Å². The first-order chi connectivity index (χ1) is 9.55. The maximum atomic E-state index is 11.5. The fraction of sp³-hybridized carbons (Fsp3) is 0.500. The second-order valence-electron chi connectivity index (χ2n) is 4.91. The first-order valence-corrected chi connectivity index (χ1v) is 6.81. The first-order valence-electron chi connectivity index (χ1n) is 6.43. The number of likely N-dealkylation sites (tertiary alicyclic amines) is 1. The maximum absolute atomic E-state index is 11.5. The molecule has 0 radical (unpaired) electrons. The summed E-state index contributed by atoms with van der Waals surface area (Å²) >= 11 is 6.11. The summed E-state index contributed by atoms with van der Waals surface area (Å²) in [4.78, 5) is 13.5. The molecule has 0 unspecified atom stereocenters. The van der Waals surface area contributed by atoms with Crippen LogP contribution in [0.1, 0.15) is 12.0 Å². The summed E-state index contributed by atoms with van der Waals surface area (Å²) < 4.78 is 10.4. The zero-order valence-electron chi connectivity index (χ0n) is 11.6. The maximum Gasteiger partial charge on any atom is 0.234 e. The molecule has 2 atom stereocenters. The highest BCUT2D eigenvalue weighted by Gasteiger charge is 2.35. The van der Waals surface area contributed by atoms with Crippen molar-refractivity contribution in [2.75, 3.05) is 20.8 Å². The zero-order valence-corrected chi connectivity index (χ0v) is 12.4. The van der Waals surface area contributed by atoms with Crippen LogP contribution >= 0.6 is 11.6 Å². The van der Waals surface area contributed by atoms with E-state index in [0.717, 1.165) is 5.56 Å². The molecule has 5 nitrogen and oxygen atoms in total. The van der Waals surface area contributed by atoms with Gasteiger partial charge in [-0.2, -0.15) is 0 Å². The number of rotatable bonds is 5. The van der Waals surface area contributed by atoms with Crippen LogP contribution in [-0.2, 0) is 16.1 Å². The molecule has 0 aromatic heterocycles. The van der Waals surface area contributed by atoms with Crippen LogP contribution in [-0.4, -0.2) is 43.7 Å². The largest absolute Gasteiger partial charge is 0.495 e. The summed E-state index contributed by atoms with van der Waals surface area (Å²) in [6.45, 7) is 1.30. The second kappa shape index (κ2) is 6.43. The number of nitrogens with two attached hydrogens (primary N) is 1. The van der Waals surface area contributed by atoms with Crippen molar-refractivity contribution in [3.05, 3.63) is 28.8 Å². The molecule has 1 amide bonds. The molecular formula is C14H19ClN2O3. The van der Waals surface area contributed by atoms with Crippen molar-refractivity contribution in [3.8, 4) is 5.75 Å². The fourth-order valence-electron chi connectivity index (χ4n) is 2.55. The van der Waals surface area contributed by atoms with Crippen LogP contribution in [0.3, 0.4) is 0 Å². The zero-order chi connectivity index (χ0) is 14.7. The Kier molecular flexibility index (Phi) is 4.86. The number of methoxy groups -OCH3 is 2. The molecule has 1 aromatic carbocycles. The highest BCUT2D eigenvalue weighted by molar-refractivity contribution is 6.32. The van der Waals surface area contributed by atoms with Crippen molar-refractivity contribution >= 4 is 17.5 Å². The molecule has 0 spiro atoms. The Hall–Kier alpha value is -1.30. The van der Waals surface area contributed by atoms with Gasteiger partial charge in [-0.05, 0) is 24.1 Å². The lowest BCUT2D eigenvalue weighted by atomic mass is 10.1. The molecule has 20 heavy (non-hydrogen) atoms. The Morgan fingerprint density at radius 3 is 2.80 bits per heavy atom. The summed E-state index contributed by atoms with van der Waals surface area (Å²) in [6, 6.07) is 5.31. The monoisotopic (exact) mass is 298 g/mol.